The summed E-state index contributed by atoms with van der Waals surface area (Å²) in [5.74, 6) is 1.38. The molecule has 0 saturated carbocycles. The zero-order valence-corrected chi connectivity index (χ0v) is 11.3. The van der Waals surface area contributed by atoms with Crippen molar-refractivity contribution in [1.29, 1.82) is 0 Å². The molecule has 0 fully saturated rings. The molecule has 1 aromatic heterocycles. The summed E-state index contributed by atoms with van der Waals surface area (Å²) in [6.07, 6.45) is 3.85. The maximum Gasteiger partial charge on any atom is 0.122 e. The summed E-state index contributed by atoms with van der Waals surface area (Å²) in [5, 5.41) is 0. The van der Waals surface area contributed by atoms with Gasteiger partial charge in [-0.15, -0.1) is 11.3 Å². The predicted octanol–water partition coefficient (Wildman–Crippen LogP) is 2.51. The van der Waals surface area contributed by atoms with Gasteiger partial charge in [0, 0.05) is 11.1 Å². The molecule has 1 heterocycles. The van der Waals surface area contributed by atoms with Gasteiger partial charge < -0.3 is 10.5 Å². The number of hydrogen-bond donors (Lipinski definition) is 1. The normalized spacial score (nSPS) is 12.3. The maximum atomic E-state index is 5.87. The Morgan fingerprint density at radius 1 is 1.33 bits per heavy atom. The quantitative estimate of drug-likeness (QED) is 0.870. The van der Waals surface area contributed by atoms with Crippen molar-refractivity contribution in [2.75, 3.05) is 13.7 Å². The van der Waals surface area contributed by atoms with Crippen LogP contribution in [0, 0.1) is 5.92 Å². The van der Waals surface area contributed by atoms with E-state index in [9.17, 15) is 0 Å². The SMILES string of the molecule is COc1ccccc1CC(CN)Cc1cncs1. The second kappa shape index (κ2) is 6.52. The molecule has 2 rings (SSSR count). The van der Waals surface area contributed by atoms with Crippen molar-refractivity contribution in [3.05, 3.63) is 46.4 Å². The third kappa shape index (κ3) is 3.31. The van der Waals surface area contributed by atoms with Crippen molar-refractivity contribution in [1.82, 2.24) is 4.98 Å². The van der Waals surface area contributed by atoms with Crippen molar-refractivity contribution in [3.8, 4) is 5.75 Å². The van der Waals surface area contributed by atoms with E-state index in [2.05, 4.69) is 11.1 Å². The molecule has 1 atom stereocenters. The minimum absolute atomic E-state index is 0.432. The van der Waals surface area contributed by atoms with E-state index in [0.29, 0.717) is 12.5 Å². The van der Waals surface area contributed by atoms with Crippen LogP contribution in [-0.4, -0.2) is 18.6 Å². The average molecular weight is 262 g/mol. The van der Waals surface area contributed by atoms with Gasteiger partial charge in [-0.1, -0.05) is 18.2 Å². The monoisotopic (exact) mass is 262 g/mol. The van der Waals surface area contributed by atoms with E-state index in [0.717, 1.165) is 18.6 Å². The molecule has 1 aromatic carbocycles. The molecule has 0 spiro atoms. The van der Waals surface area contributed by atoms with Gasteiger partial charge in [0.2, 0.25) is 0 Å². The van der Waals surface area contributed by atoms with Gasteiger partial charge in [-0.2, -0.15) is 0 Å². The fourth-order valence-corrected chi connectivity index (χ4v) is 2.76. The molecule has 2 aromatic rings. The first kappa shape index (κ1) is 13.1. The van der Waals surface area contributed by atoms with E-state index in [4.69, 9.17) is 10.5 Å². The van der Waals surface area contributed by atoms with Crippen LogP contribution in [0.15, 0.2) is 36.0 Å². The molecule has 0 saturated heterocycles. The van der Waals surface area contributed by atoms with E-state index >= 15 is 0 Å². The minimum atomic E-state index is 0.432. The van der Waals surface area contributed by atoms with Gasteiger partial charge in [-0.25, -0.2) is 0 Å². The smallest absolute Gasteiger partial charge is 0.122 e. The molecule has 0 aliphatic rings. The van der Waals surface area contributed by atoms with Gasteiger partial charge in [-0.05, 0) is 36.9 Å². The summed E-state index contributed by atoms with van der Waals surface area (Å²) in [5.41, 5.74) is 8.96. The molecule has 0 amide bonds. The lowest BCUT2D eigenvalue weighted by molar-refractivity contribution is 0.404. The van der Waals surface area contributed by atoms with E-state index in [1.54, 1.807) is 18.4 Å². The van der Waals surface area contributed by atoms with Gasteiger partial charge in [0.1, 0.15) is 5.75 Å². The Bertz CT molecular complexity index is 470. The third-order valence-electron chi connectivity index (χ3n) is 3.01. The fourth-order valence-electron chi connectivity index (χ4n) is 2.05. The van der Waals surface area contributed by atoms with Crippen LogP contribution in [-0.2, 0) is 12.8 Å². The number of aromatic nitrogens is 1. The summed E-state index contributed by atoms with van der Waals surface area (Å²) in [6, 6.07) is 8.13. The lowest BCUT2D eigenvalue weighted by atomic mass is 9.95. The number of para-hydroxylation sites is 1. The Morgan fingerprint density at radius 3 is 2.83 bits per heavy atom. The first-order valence-corrected chi connectivity index (χ1v) is 6.90. The third-order valence-corrected chi connectivity index (χ3v) is 3.81. The zero-order valence-electron chi connectivity index (χ0n) is 10.5. The maximum absolute atomic E-state index is 5.87. The molecule has 2 N–H and O–H groups in total. The summed E-state index contributed by atoms with van der Waals surface area (Å²) < 4.78 is 5.38. The topological polar surface area (TPSA) is 48.1 Å². The van der Waals surface area contributed by atoms with Gasteiger partial charge >= 0.3 is 0 Å². The fraction of sp³-hybridized carbons (Fsp3) is 0.357. The number of rotatable bonds is 6. The Morgan fingerprint density at radius 2 is 2.17 bits per heavy atom. The van der Waals surface area contributed by atoms with Gasteiger partial charge in [0.05, 0.1) is 12.6 Å². The van der Waals surface area contributed by atoms with Crippen LogP contribution >= 0.6 is 11.3 Å². The number of methoxy groups -OCH3 is 1. The van der Waals surface area contributed by atoms with Crippen LogP contribution in [0.1, 0.15) is 10.4 Å². The molecular weight excluding hydrogens is 244 g/mol. The standard InChI is InChI=1S/C14H18N2OS/c1-17-14-5-3-2-4-12(14)6-11(8-15)7-13-9-16-10-18-13/h2-5,9-11H,6-8,15H2,1H3. The second-order valence-corrected chi connectivity index (χ2v) is 5.26. The number of nitrogens with zero attached hydrogens (tertiary/aromatic N) is 1. The van der Waals surface area contributed by atoms with Crippen LogP contribution in [0.3, 0.4) is 0 Å². The molecule has 1 unspecified atom stereocenters. The highest BCUT2D eigenvalue weighted by molar-refractivity contribution is 7.09. The first-order valence-electron chi connectivity index (χ1n) is 6.02. The lowest BCUT2D eigenvalue weighted by Gasteiger charge is -2.15. The predicted molar refractivity (Wildman–Crippen MR) is 75.1 cm³/mol. The summed E-state index contributed by atoms with van der Waals surface area (Å²) >= 11 is 1.69. The highest BCUT2D eigenvalue weighted by Crippen LogP contribution is 2.23. The largest absolute Gasteiger partial charge is 0.496 e. The molecule has 18 heavy (non-hydrogen) atoms. The molecule has 0 bridgehead atoms. The number of nitrogens with two attached hydrogens (primary N) is 1. The molecule has 0 radical (unpaired) electrons. The van der Waals surface area contributed by atoms with Crippen molar-refractivity contribution in [2.24, 2.45) is 11.7 Å². The van der Waals surface area contributed by atoms with Crippen molar-refractivity contribution in [3.63, 3.8) is 0 Å². The number of hydrogen-bond acceptors (Lipinski definition) is 4. The Kier molecular flexibility index (Phi) is 4.73. The zero-order chi connectivity index (χ0) is 12.8. The Hall–Kier alpha value is -1.39. The van der Waals surface area contributed by atoms with Crippen molar-refractivity contribution < 1.29 is 4.74 Å². The highest BCUT2D eigenvalue weighted by atomic mass is 32.1. The summed E-state index contributed by atoms with van der Waals surface area (Å²) in [4.78, 5) is 5.40. The minimum Gasteiger partial charge on any atom is -0.496 e. The Balaban J connectivity index is 2.05. The summed E-state index contributed by atoms with van der Waals surface area (Å²) in [7, 11) is 1.71. The molecular formula is C14H18N2OS. The number of ether oxygens (including phenoxy) is 1. The van der Waals surface area contributed by atoms with Crippen LogP contribution in [0.25, 0.3) is 0 Å². The van der Waals surface area contributed by atoms with Crippen molar-refractivity contribution in [2.45, 2.75) is 12.8 Å². The number of benzene rings is 1. The molecule has 3 nitrogen and oxygen atoms in total. The Labute approximate surface area is 112 Å². The molecule has 4 heteroatoms. The van der Waals surface area contributed by atoms with Crippen molar-refractivity contribution >= 4 is 11.3 Å². The lowest BCUT2D eigenvalue weighted by Crippen LogP contribution is -2.19. The van der Waals surface area contributed by atoms with Crippen LogP contribution in [0.4, 0.5) is 0 Å². The van der Waals surface area contributed by atoms with Crippen LogP contribution < -0.4 is 10.5 Å². The molecule has 96 valence electrons. The van der Waals surface area contributed by atoms with E-state index in [-0.39, 0.29) is 0 Å². The van der Waals surface area contributed by atoms with Crippen LogP contribution in [0.2, 0.25) is 0 Å². The first-order chi connectivity index (χ1) is 8.83. The van der Waals surface area contributed by atoms with E-state index in [1.165, 1.54) is 10.4 Å². The molecule has 0 aliphatic carbocycles. The highest BCUT2D eigenvalue weighted by Gasteiger charge is 2.12. The van der Waals surface area contributed by atoms with Gasteiger partial charge in [0.25, 0.3) is 0 Å². The average Bonchev–Trinajstić information content (AvgIpc) is 2.91. The van der Waals surface area contributed by atoms with E-state index < -0.39 is 0 Å². The van der Waals surface area contributed by atoms with Crippen LogP contribution in [0.5, 0.6) is 5.75 Å². The second-order valence-electron chi connectivity index (χ2n) is 4.29. The number of thiazole rings is 1. The van der Waals surface area contributed by atoms with Gasteiger partial charge in [-0.3, -0.25) is 4.98 Å². The summed E-state index contributed by atoms with van der Waals surface area (Å²) in [6.45, 7) is 0.677. The molecule has 0 aliphatic heterocycles. The van der Waals surface area contributed by atoms with E-state index in [1.807, 2.05) is 29.9 Å². The van der Waals surface area contributed by atoms with Gasteiger partial charge in [0.15, 0.2) is 0 Å².